The Labute approximate surface area is 156 Å². The van der Waals surface area contributed by atoms with E-state index in [1.165, 1.54) is 0 Å². The second-order valence-electron chi connectivity index (χ2n) is 6.58. The molecule has 1 aliphatic rings. The standard InChI is InChI=1S/C20H18ClN3O2/c1-12-6-3-4-8-15(12)19-22-20(26-23-19)14-10-17(25)24(11-14)18-13(2)7-5-9-16(18)21/h3-9,14H,10-11H2,1-2H3. The van der Waals surface area contributed by atoms with Gasteiger partial charge < -0.3 is 9.42 Å². The molecule has 132 valence electrons. The van der Waals surface area contributed by atoms with Crippen LogP contribution < -0.4 is 4.90 Å². The van der Waals surface area contributed by atoms with E-state index in [9.17, 15) is 4.79 Å². The summed E-state index contributed by atoms with van der Waals surface area (Å²) in [5.74, 6) is 0.923. The zero-order valence-corrected chi connectivity index (χ0v) is 15.3. The van der Waals surface area contributed by atoms with E-state index in [2.05, 4.69) is 10.1 Å². The second-order valence-corrected chi connectivity index (χ2v) is 6.99. The summed E-state index contributed by atoms with van der Waals surface area (Å²) < 4.78 is 5.48. The van der Waals surface area contributed by atoms with Gasteiger partial charge in [0, 0.05) is 18.5 Å². The molecule has 1 fully saturated rings. The number of carbonyl (C=O) groups is 1. The van der Waals surface area contributed by atoms with Crippen LogP contribution in [0.1, 0.15) is 29.4 Å². The lowest BCUT2D eigenvalue weighted by atomic mass is 10.1. The summed E-state index contributed by atoms with van der Waals surface area (Å²) in [4.78, 5) is 18.8. The first-order valence-corrected chi connectivity index (χ1v) is 8.87. The lowest BCUT2D eigenvalue weighted by molar-refractivity contribution is -0.117. The van der Waals surface area contributed by atoms with Crippen LogP contribution in [0.2, 0.25) is 5.02 Å². The van der Waals surface area contributed by atoms with Crippen LogP contribution in [0.15, 0.2) is 47.0 Å². The molecule has 1 aromatic heterocycles. The van der Waals surface area contributed by atoms with Gasteiger partial charge in [0.2, 0.25) is 17.6 Å². The van der Waals surface area contributed by atoms with Crippen molar-refractivity contribution in [3.05, 3.63) is 64.5 Å². The average Bonchev–Trinajstić information content (AvgIpc) is 3.23. The Morgan fingerprint density at radius 1 is 1.12 bits per heavy atom. The van der Waals surface area contributed by atoms with Crippen LogP contribution in [0.5, 0.6) is 0 Å². The topological polar surface area (TPSA) is 59.2 Å². The number of rotatable bonds is 3. The molecule has 2 aromatic carbocycles. The van der Waals surface area contributed by atoms with Crippen LogP contribution in [-0.2, 0) is 4.79 Å². The Morgan fingerprint density at radius 3 is 2.65 bits per heavy atom. The van der Waals surface area contributed by atoms with Crippen molar-refractivity contribution in [2.24, 2.45) is 0 Å². The minimum absolute atomic E-state index is 0.0156. The van der Waals surface area contributed by atoms with E-state index in [4.69, 9.17) is 16.1 Å². The zero-order valence-electron chi connectivity index (χ0n) is 14.6. The van der Waals surface area contributed by atoms with Crippen LogP contribution in [0.25, 0.3) is 11.4 Å². The predicted octanol–water partition coefficient (Wildman–Crippen LogP) is 4.53. The SMILES string of the molecule is Cc1ccccc1-c1noc(C2CC(=O)N(c3c(C)cccc3Cl)C2)n1. The Morgan fingerprint density at radius 2 is 1.88 bits per heavy atom. The van der Waals surface area contributed by atoms with E-state index >= 15 is 0 Å². The molecule has 0 N–H and O–H groups in total. The average molecular weight is 368 g/mol. The van der Waals surface area contributed by atoms with E-state index in [1.54, 1.807) is 11.0 Å². The van der Waals surface area contributed by atoms with Gasteiger partial charge in [-0.15, -0.1) is 0 Å². The molecule has 1 saturated heterocycles. The second kappa shape index (κ2) is 6.57. The van der Waals surface area contributed by atoms with Gasteiger partial charge in [-0.3, -0.25) is 4.79 Å². The predicted molar refractivity (Wildman–Crippen MR) is 100 cm³/mol. The molecular formula is C20H18ClN3O2. The molecule has 4 rings (SSSR count). The Hall–Kier alpha value is -2.66. The number of aryl methyl sites for hydroxylation is 2. The van der Waals surface area contributed by atoms with Crippen LogP contribution in [0.3, 0.4) is 0 Å². The molecule has 2 heterocycles. The van der Waals surface area contributed by atoms with Crippen LogP contribution >= 0.6 is 11.6 Å². The first-order chi connectivity index (χ1) is 12.5. The summed E-state index contributed by atoms with van der Waals surface area (Å²) in [6, 6.07) is 13.5. The van der Waals surface area contributed by atoms with Crippen LogP contribution in [-0.4, -0.2) is 22.6 Å². The maximum absolute atomic E-state index is 12.6. The third kappa shape index (κ3) is 2.88. The van der Waals surface area contributed by atoms with E-state index in [0.29, 0.717) is 29.7 Å². The van der Waals surface area contributed by atoms with Gasteiger partial charge in [0.15, 0.2) is 0 Å². The van der Waals surface area contributed by atoms with Crippen molar-refractivity contribution in [2.75, 3.05) is 11.4 Å². The minimum atomic E-state index is -0.136. The normalized spacial score (nSPS) is 17.1. The Kier molecular flexibility index (Phi) is 4.24. The van der Waals surface area contributed by atoms with Crippen molar-refractivity contribution in [1.29, 1.82) is 0 Å². The monoisotopic (exact) mass is 367 g/mol. The first kappa shape index (κ1) is 16.8. The third-order valence-corrected chi connectivity index (χ3v) is 5.07. The molecule has 0 radical (unpaired) electrons. The summed E-state index contributed by atoms with van der Waals surface area (Å²) in [5.41, 5.74) is 3.75. The molecule has 1 amide bonds. The minimum Gasteiger partial charge on any atom is -0.339 e. The third-order valence-electron chi connectivity index (χ3n) is 4.76. The van der Waals surface area contributed by atoms with Gasteiger partial charge in [-0.05, 0) is 31.0 Å². The molecule has 1 aliphatic heterocycles. The molecule has 0 bridgehead atoms. The number of aromatic nitrogens is 2. The molecule has 6 heteroatoms. The van der Waals surface area contributed by atoms with Crippen molar-refractivity contribution >= 4 is 23.2 Å². The fraction of sp³-hybridized carbons (Fsp3) is 0.250. The Bertz CT molecular complexity index is 962. The van der Waals surface area contributed by atoms with Crippen molar-refractivity contribution in [2.45, 2.75) is 26.2 Å². The number of nitrogens with zero attached hydrogens (tertiary/aromatic N) is 3. The van der Waals surface area contributed by atoms with Gasteiger partial charge in [0.05, 0.1) is 16.6 Å². The van der Waals surface area contributed by atoms with Gasteiger partial charge in [-0.25, -0.2) is 0 Å². The highest BCUT2D eigenvalue weighted by atomic mass is 35.5. The molecular weight excluding hydrogens is 350 g/mol. The molecule has 0 aliphatic carbocycles. The summed E-state index contributed by atoms with van der Waals surface area (Å²) in [6.45, 7) is 4.44. The van der Waals surface area contributed by atoms with E-state index in [1.807, 2.05) is 50.2 Å². The molecule has 1 atom stereocenters. The highest BCUT2D eigenvalue weighted by Crippen LogP contribution is 2.37. The Balaban J connectivity index is 1.61. The first-order valence-electron chi connectivity index (χ1n) is 8.49. The molecule has 5 nitrogen and oxygen atoms in total. The smallest absolute Gasteiger partial charge is 0.232 e. The highest BCUT2D eigenvalue weighted by molar-refractivity contribution is 6.34. The van der Waals surface area contributed by atoms with Gasteiger partial charge >= 0.3 is 0 Å². The van der Waals surface area contributed by atoms with Gasteiger partial charge in [0.1, 0.15) is 0 Å². The summed E-state index contributed by atoms with van der Waals surface area (Å²) >= 11 is 6.32. The quantitative estimate of drug-likeness (QED) is 0.682. The highest BCUT2D eigenvalue weighted by Gasteiger charge is 2.36. The maximum Gasteiger partial charge on any atom is 0.232 e. The van der Waals surface area contributed by atoms with Gasteiger partial charge in [0.25, 0.3) is 0 Å². The fourth-order valence-corrected chi connectivity index (χ4v) is 3.71. The largest absolute Gasteiger partial charge is 0.339 e. The molecule has 1 unspecified atom stereocenters. The lowest BCUT2D eigenvalue weighted by Crippen LogP contribution is -2.25. The lowest BCUT2D eigenvalue weighted by Gasteiger charge is -2.20. The number of hydrogen-bond donors (Lipinski definition) is 0. The number of carbonyl (C=O) groups excluding carboxylic acids is 1. The number of anilines is 1. The van der Waals surface area contributed by atoms with Crippen molar-refractivity contribution in [3.63, 3.8) is 0 Å². The molecule has 0 saturated carbocycles. The molecule has 3 aromatic rings. The number of halogens is 1. The summed E-state index contributed by atoms with van der Waals surface area (Å²) in [6.07, 6.45) is 0.333. The van der Waals surface area contributed by atoms with Gasteiger partial charge in [-0.1, -0.05) is 53.2 Å². The zero-order chi connectivity index (χ0) is 18.3. The summed E-state index contributed by atoms with van der Waals surface area (Å²) in [7, 11) is 0. The van der Waals surface area contributed by atoms with E-state index < -0.39 is 0 Å². The molecule has 26 heavy (non-hydrogen) atoms. The number of benzene rings is 2. The van der Waals surface area contributed by atoms with Crippen molar-refractivity contribution < 1.29 is 9.32 Å². The number of amides is 1. The van der Waals surface area contributed by atoms with E-state index in [0.717, 1.165) is 22.4 Å². The number of para-hydroxylation sites is 1. The maximum atomic E-state index is 12.6. The van der Waals surface area contributed by atoms with Crippen molar-refractivity contribution in [3.8, 4) is 11.4 Å². The van der Waals surface area contributed by atoms with Crippen LogP contribution in [0.4, 0.5) is 5.69 Å². The fourth-order valence-electron chi connectivity index (χ4n) is 3.39. The van der Waals surface area contributed by atoms with Gasteiger partial charge in [-0.2, -0.15) is 4.98 Å². The summed E-state index contributed by atoms with van der Waals surface area (Å²) in [5, 5.41) is 4.68. The van der Waals surface area contributed by atoms with E-state index in [-0.39, 0.29) is 11.8 Å². The van der Waals surface area contributed by atoms with Crippen molar-refractivity contribution in [1.82, 2.24) is 10.1 Å². The van der Waals surface area contributed by atoms with Crippen LogP contribution in [0, 0.1) is 13.8 Å². The molecule has 0 spiro atoms. The number of hydrogen-bond acceptors (Lipinski definition) is 4.